The van der Waals surface area contributed by atoms with Gasteiger partial charge in [0.15, 0.2) is 0 Å². The number of carboxylic acids is 1. The van der Waals surface area contributed by atoms with Crippen molar-refractivity contribution in [3.63, 3.8) is 0 Å². The number of fused-ring (bicyclic) bond motifs is 6. The molecule has 0 unspecified atom stereocenters. The summed E-state index contributed by atoms with van der Waals surface area (Å²) in [6.45, 7) is 3.97. The summed E-state index contributed by atoms with van der Waals surface area (Å²) in [4.78, 5) is 26.3. The second-order valence-corrected chi connectivity index (χ2v) is 11.6. The number of nitrogens with one attached hydrogen (secondary N) is 2. The van der Waals surface area contributed by atoms with Crippen LogP contribution >= 0.6 is 51.0 Å². The molecule has 2 aromatic heterocycles. The fraction of sp³-hybridized carbons (Fsp3) is 0.241. The van der Waals surface area contributed by atoms with Crippen LogP contribution in [0, 0.1) is 0 Å². The molecule has 4 aromatic rings. The Morgan fingerprint density at radius 1 is 0.900 bits per heavy atom. The molecule has 6 rings (SSSR count). The molecule has 0 aliphatic carbocycles. The number of hydrogen-bond acceptors (Lipinski definition) is 7. The van der Waals surface area contributed by atoms with E-state index in [2.05, 4.69) is 38.7 Å². The van der Waals surface area contributed by atoms with E-state index in [1.165, 1.54) is 38.7 Å². The number of esters is 1. The molecule has 3 radical (unpaired) electrons. The Morgan fingerprint density at radius 3 is 2.12 bits per heavy atom. The van der Waals surface area contributed by atoms with Crippen molar-refractivity contribution in [2.75, 3.05) is 30.3 Å². The van der Waals surface area contributed by atoms with Crippen molar-refractivity contribution in [3.8, 4) is 20.9 Å². The SMILES string of the molecule is C.CCOC(=O)c1cc2c(s1)-c1ccccc1NCC2.Cl.O=C(O)c1cc2c(s1)-c1cc(Br)ccc1NCC2.[B]. The molecule has 3 N–H and O–H groups in total. The van der Waals surface area contributed by atoms with Crippen molar-refractivity contribution in [1.29, 1.82) is 0 Å². The number of anilines is 2. The number of halogens is 2. The quantitative estimate of drug-likeness (QED) is 0.152. The Labute approximate surface area is 259 Å². The number of carboxylic acid groups (broad SMARTS) is 1. The summed E-state index contributed by atoms with van der Waals surface area (Å²) in [6, 6.07) is 18.0. The first kappa shape index (κ1) is 33.4. The van der Waals surface area contributed by atoms with Crippen LogP contribution in [0.4, 0.5) is 11.4 Å². The van der Waals surface area contributed by atoms with Gasteiger partial charge in [0, 0.05) is 58.2 Å². The minimum atomic E-state index is -0.849. The van der Waals surface area contributed by atoms with E-state index in [1.54, 1.807) is 6.07 Å². The average Bonchev–Trinajstić information content (AvgIpc) is 3.42. The number of hydrogen-bond donors (Lipinski definition) is 3. The maximum absolute atomic E-state index is 11.8. The van der Waals surface area contributed by atoms with Crippen LogP contribution in [0.3, 0.4) is 0 Å². The highest BCUT2D eigenvalue weighted by Crippen LogP contribution is 2.41. The van der Waals surface area contributed by atoms with Crippen LogP contribution in [-0.4, -0.2) is 45.2 Å². The van der Waals surface area contributed by atoms with Crippen molar-refractivity contribution in [2.24, 2.45) is 0 Å². The highest BCUT2D eigenvalue weighted by atomic mass is 79.9. The van der Waals surface area contributed by atoms with E-state index in [0.717, 1.165) is 57.8 Å². The van der Waals surface area contributed by atoms with E-state index in [-0.39, 0.29) is 34.2 Å². The van der Waals surface area contributed by atoms with E-state index < -0.39 is 5.97 Å². The van der Waals surface area contributed by atoms with Crippen LogP contribution in [0.25, 0.3) is 20.9 Å². The van der Waals surface area contributed by atoms with Gasteiger partial charge in [-0.25, -0.2) is 9.59 Å². The summed E-state index contributed by atoms with van der Waals surface area (Å²) in [5.74, 6) is -1.07. The number of carbonyl (C=O) groups excluding carboxylic acids is 1. The fourth-order valence-corrected chi connectivity index (χ4v) is 7.03. The lowest BCUT2D eigenvalue weighted by molar-refractivity contribution is 0.0531. The first-order chi connectivity index (χ1) is 17.9. The lowest BCUT2D eigenvalue weighted by Gasteiger charge is -2.07. The Hall–Kier alpha value is -2.79. The van der Waals surface area contributed by atoms with Gasteiger partial charge < -0.3 is 20.5 Å². The van der Waals surface area contributed by atoms with Crippen LogP contribution in [0.15, 0.2) is 59.1 Å². The largest absolute Gasteiger partial charge is 0.477 e. The number of ether oxygens (including phenoxy) is 1. The predicted octanol–water partition coefficient (Wildman–Crippen LogP) is 8.08. The number of thiophene rings is 2. The van der Waals surface area contributed by atoms with Crippen molar-refractivity contribution in [1.82, 2.24) is 0 Å². The summed E-state index contributed by atoms with van der Waals surface area (Å²) < 4.78 is 6.08. The molecule has 2 aliphatic heterocycles. The molecule has 2 aromatic carbocycles. The molecule has 0 saturated heterocycles. The second-order valence-electron chi connectivity index (χ2n) is 8.54. The zero-order chi connectivity index (χ0) is 25.9. The number of benzene rings is 2. The smallest absolute Gasteiger partial charge is 0.348 e. The van der Waals surface area contributed by atoms with Gasteiger partial charge in [0.1, 0.15) is 9.75 Å². The molecule has 11 heteroatoms. The zero-order valence-electron chi connectivity index (χ0n) is 21.1. The van der Waals surface area contributed by atoms with E-state index in [4.69, 9.17) is 9.84 Å². The topological polar surface area (TPSA) is 87.7 Å². The van der Waals surface area contributed by atoms with Gasteiger partial charge in [0.25, 0.3) is 0 Å². The molecule has 40 heavy (non-hydrogen) atoms. The van der Waals surface area contributed by atoms with Crippen molar-refractivity contribution < 1.29 is 19.4 Å². The second kappa shape index (κ2) is 14.7. The van der Waals surface area contributed by atoms with Gasteiger partial charge in [-0.05, 0) is 67.3 Å². The molecule has 4 heterocycles. The molecular weight excluding hydrogens is 631 g/mol. The maximum atomic E-state index is 11.8. The normalized spacial score (nSPS) is 12.1. The molecule has 0 spiro atoms. The lowest BCUT2D eigenvalue weighted by Crippen LogP contribution is -2.03. The van der Waals surface area contributed by atoms with Gasteiger partial charge in [-0.1, -0.05) is 41.6 Å². The Morgan fingerprint density at radius 2 is 1.48 bits per heavy atom. The van der Waals surface area contributed by atoms with Crippen LogP contribution in [0.2, 0.25) is 0 Å². The van der Waals surface area contributed by atoms with Crippen molar-refractivity contribution in [3.05, 3.63) is 80.0 Å². The number of carbonyl (C=O) groups is 2. The van der Waals surface area contributed by atoms with Crippen LogP contribution in [-0.2, 0) is 17.6 Å². The summed E-state index contributed by atoms with van der Waals surface area (Å²) >= 11 is 6.34. The Bertz CT molecular complexity index is 1490. The molecule has 2 aliphatic rings. The fourth-order valence-electron chi connectivity index (χ4n) is 4.45. The summed E-state index contributed by atoms with van der Waals surface area (Å²) in [7, 11) is 0. The van der Waals surface area contributed by atoms with Gasteiger partial charge in [0.2, 0.25) is 0 Å². The molecule has 0 fully saturated rings. The van der Waals surface area contributed by atoms with Gasteiger partial charge >= 0.3 is 11.9 Å². The number of aromatic carboxylic acids is 1. The number of rotatable bonds is 3. The van der Waals surface area contributed by atoms with Gasteiger partial charge in [0.05, 0.1) is 6.61 Å². The third-order valence-electron chi connectivity index (χ3n) is 6.12. The van der Waals surface area contributed by atoms with E-state index in [9.17, 15) is 9.59 Å². The molecule has 0 amide bonds. The van der Waals surface area contributed by atoms with Crippen molar-refractivity contribution >= 4 is 82.7 Å². The molecule has 0 bridgehead atoms. The van der Waals surface area contributed by atoms with Crippen LogP contribution in [0.5, 0.6) is 0 Å². The summed E-state index contributed by atoms with van der Waals surface area (Å²) in [5.41, 5.74) is 6.80. The molecular formula is C29H30BBrClN2O4S2. The standard InChI is InChI=1S/C15H15NO2S.C13H10BrNO2S.CH4.B.ClH/c1-2-18-15(17)13-9-10-7-8-16-12-6-4-3-5-11(12)14(10)19-13;14-8-1-2-10-9(6-8)12-7(3-4-15-10)5-11(18-12)13(16)17;;;/h3-6,9,16H,2,7-8H2,1H3;1-2,5-6,15H,3-4H2,(H,16,17);1H4;;1H. The van der Waals surface area contributed by atoms with Crippen LogP contribution < -0.4 is 10.6 Å². The third kappa shape index (κ3) is 7.10. The van der Waals surface area contributed by atoms with E-state index in [1.807, 2.05) is 43.3 Å². The lowest BCUT2D eigenvalue weighted by atomic mass is 10.1. The van der Waals surface area contributed by atoms with E-state index in [0.29, 0.717) is 16.4 Å². The molecule has 209 valence electrons. The summed E-state index contributed by atoms with van der Waals surface area (Å²) in [5, 5.41) is 15.9. The monoisotopic (exact) mass is 659 g/mol. The maximum Gasteiger partial charge on any atom is 0.348 e. The van der Waals surface area contributed by atoms with Gasteiger partial charge in [-0.15, -0.1) is 35.1 Å². The molecule has 6 nitrogen and oxygen atoms in total. The zero-order valence-corrected chi connectivity index (χ0v) is 25.1. The minimum Gasteiger partial charge on any atom is -0.477 e. The molecule has 0 atom stereocenters. The van der Waals surface area contributed by atoms with Gasteiger partial charge in [-0.2, -0.15) is 0 Å². The Kier molecular flexibility index (Phi) is 12.3. The number of para-hydroxylation sites is 1. The predicted molar refractivity (Wildman–Crippen MR) is 174 cm³/mol. The highest BCUT2D eigenvalue weighted by molar-refractivity contribution is 9.10. The first-order valence-electron chi connectivity index (χ1n) is 12.0. The van der Waals surface area contributed by atoms with Crippen molar-refractivity contribution in [2.45, 2.75) is 27.2 Å². The average molecular weight is 661 g/mol. The highest BCUT2D eigenvalue weighted by Gasteiger charge is 2.21. The minimum absolute atomic E-state index is 0. The van der Waals surface area contributed by atoms with Crippen LogP contribution in [0.1, 0.15) is 44.8 Å². The first-order valence-corrected chi connectivity index (χ1v) is 14.4. The van der Waals surface area contributed by atoms with E-state index >= 15 is 0 Å². The molecule has 0 saturated carbocycles. The Balaban J connectivity index is 0.000000261. The summed E-state index contributed by atoms with van der Waals surface area (Å²) in [6.07, 6.45) is 1.78. The third-order valence-corrected chi connectivity index (χ3v) is 9.01. The van der Waals surface area contributed by atoms with Gasteiger partial charge in [-0.3, -0.25) is 0 Å².